The van der Waals surface area contributed by atoms with Crippen molar-refractivity contribution in [2.75, 3.05) is 29.5 Å². The molecule has 0 spiro atoms. The molecule has 1 aromatic heterocycles. The van der Waals surface area contributed by atoms with Gasteiger partial charge in [-0.1, -0.05) is 32.6 Å². The molecular formula is C25H27F3N4O7S. The van der Waals surface area contributed by atoms with Crippen molar-refractivity contribution >= 4 is 39.4 Å². The van der Waals surface area contributed by atoms with Crippen LogP contribution in [0.25, 0.3) is 0 Å². The molecule has 1 fully saturated rings. The molecule has 1 aromatic carbocycles. The highest BCUT2D eigenvalue weighted by atomic mass is 32.2. The third-order valence-corrected chi connectivity index (χ3v) is 5.67. The Bertz CT molecular complexity index is 1460. The number of aliphatic carboxylic acids is 1. The number of nitrogens with one attached hydrogen (secondary N) is 2. The van der Waals surface area contributed by atoms with Gasteiger partial charge in [-0.25, -0.2) is 23.0 Å². The Labute approximate surface area is 228 Å². The summed E-state index contributed by atoms with van der Waals surface area (Å²) in [6.45, 7) is 6.36. The molecule has 216 valence electrons. The summed E-state index contributed by atoms with van der Waals surface area (Å²) in [7, 11) is -1.86. The van der Waals surface area contributed by atoms with Gasteiger partial charge in [0.2, 0.25) is 15.9 Å². The molecule has 0 saturated carbocycles. The van der Waals surface area contributed by atoms with Crippen molar-refractivity contribution in [1.29, 1.82) is 0 Å². The van der Waals surface area contributed by atoms with Gasteiger partial charge in [-0.05, 0) is 29.7 Å². The smallest absolute Gasteiger partial charge is 0.490 e. The average molecular weight is 585 g/mol. The molecule has 3 rings (SSSR count). The van der Waals surface area contributed by atoms with Gasteiger partial charge in [-0.15, -0.1) is 0 Å². The van der Waals surface area contributed by atoms with E-state index in [1.807, 2.05) is 26.8 Å². The molecule has 40 heavy (non-hydrogen) atoms. The topological polar surface area (TPSA) is 155 Å². The van der Waals surface area contributed by atoms with E-state index in [0.29, 0.717) is 22.6 Å². The minimum Gasteiger partial charge on any atom is -0.495 e. The standard InChI is InChI=1S/C23H26N4O5S.C2HF3O2/c1-23(2,3)18-13-17(27-11-10-20(28)25-22(27)29)12-16(21(18)32-4)8-6-15-7-9-19(24-14-15)26-33(5,30)31;3-2(4,5)1(6)7/h7,9,12-14H,10-11H2,1-5H3,(H,24,26)(H,25,28,29);(H,6,7). The summed E-state index contributed by atoms with van der Waals surface area (Å²) in [5.41, 5.74) is 2.31. The Balaban J connectivity index is 0.000000708. The van der Waals surface area contributed by atoms with Crippen LogP contribution in [0, 0.1) is 11.8 Å². The number of anilines is 2. The first-order valence-corrected chi connectivity index (χ1v) is 13.3. The summed E-state index contributed by atoms with van der Waals surface area (Å²) in [6, 6.07) is 6.33. The van der Waals surface area contributed by atoms with Crippen LogP contribution in [0.3, 0.4) is 0 Å². The van der Waals surface area contributed by atoms with Gasteiger partial charge in [0.1, 0.15) is 11.6 Å². The number of benzene rings is 1. The molecule has 0 unspecified atom stereocenters. The molecule has 1 aliphatic rings. The molecule has 0 radical (unpaired) electrons. The second-order valence-corrected chi connectivity index (χ2v) is 11.2. The molecule has 1 saturated heterocycles. The zero-order valence-electron chi connectivity index (χ0n) is 22.1. The zero-order chi connectivity index (χ0) is 30.5. The van der Waals surface area contributed by atoms with Crippen molar-refractivity contribution in [1.82, 2.24) is 10.3 Å². The van der Waals surface area contributed by atoms with E-state index in [1.165, 1.54) is 17.2 Å². The molecule has 0 bridgehead atoms. The number of hydrogen-bond acceptors (Lipinski definition) is 7. The SMILES string of the molecule is COc1c(C#Cc2ccc(NS(C)(=O)=O)nc2)cc(N2CCC(=O)NC2=O)cc1C(C)(C)C.O=C(O)C(F)(F)F. The van der Waals surface area contributed by atoms with Crippen LogP contribution in [-0.2, 0) is 25.0 Å². The van der Waals surface area contributed by atoms with Crippen molar-refractivity contribution in [3.8, 4) is 17.6 Å². The number of ether oxygens (including phenoxy) is 1. The molecule has 2 aromatic rings. The third kappa shape index (κ3) is 9.16. The molecule has 1 aliphatic heterocycles. The fraction of sp³-hybridized carbons (Fsp3) is 0.360. The lowest BCUT2D eigenvalue weighted by atomic mass is 9.84. The van der Waals surface area contributed by atoms with Gasteiger partial charge in [0.05, 0.1) is 18.9 Å². The maximum atomic E-state index is 12.4. The highest BCUT2D eigenvalue weighted by Gasteiger charge is 2.38. The van der Waals surface area contributed by atoms with E-state index >= 15 is 0 Å². The van der Waals surface area contributed by atoms with Crippen LogP contribution < -0.4 is 19.7 Å². The lowest BCUT2D eigenvalue weighted by Gasteiger charge is -2.30. The van der Waals surface area contributed by atoms with E-state index in [1.54, 1.807) is 19.2 Å². The fourth-order valence-corrected chi connectivity index (χ4v) is 3.81. The monoisotopic (exact) mass is 584 g/mol. The number of carboxylic acid groups (broad SMARTS) is 1. The molecule has 2 heterocycles. The van der Waals surface area contributed by atoms with Gasteiger partial charge in [0.25, 0.3) is 0 Å². The van der Waals surface area contributed by atoms with Crippen molar-refractivity contribution in [2.24, 2.45) is 0 Å². The Kier molecular flexibility index (Phi) is 9.76. The van der Waals surface area contributed by atoms with Crippen LogP contribution >= 0.6 is 0 Å². The Morgan fingerprint density at radius 1 is 1.18 bits per heavy atom. The summed E-state index contributed by atoms with van der Waals surface area (Å²) in [5.74, 6) is 3.82. The van der Waals surface area contributed by atoms with Crippen molar-refractivity contribution in [2.45, 2.75) is 38.8 Å². The lowest BCUT2D eigenvalue weighted by molar-refractivity contribution is -0.192. The molecule has 0 atom stereocenters. The molecule has 3 amide bonds. The highest BCUT2D eigenvalue weighted by molar-refractivity contribution is 7.92. The summed E-state index contributed by atoms with van der Waals surface area (Å²) >= 11 is 0. The zero-order valence-corrected chi connectivity index (χ0v) is 23.0. The summed E-state index contributed by atoms with van der Waals surface area (Å²) < 4.78 is 62.4. The fourth-order valence-electron chi connectivity index (χ4n) is 3.31. The number of halogens is 3. The number of urea groups is 1. The number of carbonyl (C=O) groups excluding carboxylic acids is 2. The largest absolute Gasteiger partial charge is 0.495 e. The van der Waals surface area contributed by atoms with Gasteiger partial charge in [0, 0.05) is 36.0 Å². The third-order valence-electron chi connectivity index (χ3n) is 5.09. The second-order valence-electron chi connectivity index (χ2n) is 9.44. The summed E-state index contributed by atoms with van der Waals surface area (Å²) in [5, 5.41) is 9.46. The molecule has 3 N–H and O–H groups in total. The Morgan fingerprint density at radius 2 is 1.80 bits per heavy atom. The number of sulfonamides is 1. The van der Waals surface area contributed by atoms with E-state index in [9.17, 15) is 31.2 Å². The van der Waals surface area contributed by atoms with Crippen LogP contribution in [0.5, 0.6) is 5.75 Å². The molecule has 15 heteroatoms. The number of pyridine rings is 1. The molecule has 0 aliphatic carbocycles. The van der Waals surface area contributed by atoms with E-state index < -0.39 is 28.2 Å². The Morgan fingerprint density at radius 3 is 2.25 bits per heavy atom. The first kappa shape index (κ1) is 31.9. The summed E-state index contributed by atoms with van der Waals surface area (Å²) in [4.78, 5) is 38.4. The predicted octanol–water partition coefficient (Wildman–Crippen LogP) is 3.24. The van der Waals surface area contributed by atoms with Gasteiger partial charge in [0.15, 0.2) is 0 Å². The first-order chi connectivity index (χ1) is 18.3. The van der Waals surface area contributed by atoms with Crippen LogP contribution in [-0.4, -0.2) is 62.5 Å². The number of amides is 3. The average Bonchev–Trinajstić information content (AvgIpc) is 2.81. The second kappa shape index (κ2) is 12.2. The van der Waals surface area contributed by atoms with E-state index in [0.717, 1.165) is 11.8 Å². The molecule has 11 nitrogen and oxygen atoms in total. The Hall–Kier alpha value is -4.32. The number of carbonyl (C=O) groups is 3. The number of rotatable bonds is 4. The van der Waals surface area contributed by atoms with Gasteiger partial charge < -0.3 is 9.84 Å². The van der Waals surface area contributed by atoms with E-state index in [-0.39, 0.29) is 30.1 Å². The normalized spacial score (nSPS) is 13.8. The number of imide groups is 1. The predicted molar refractivity (Wildman–Crippen MR) is 140 cm³/mol. The van der Waals surface area contributed by atoms with Crippen molar-refractivity contribution < 1.29 is 45.8 Å². The number of hydrogen-bond donors (Lipinski definition) is 3. The summed E-state index contributed by atoms with van der Waals surface area (Å²) in [6.07, 6.45) is -2.36. The number of carboxylic acids is 1. The minimum absolute atomic E-state index is 0.198. The first-order valence-electron chi connectivity index (χ1n) is 11.4. The number of methoxy groups -OCH3 is 1. The van der Waals surface area contributed by atoms with Crippen LogP contribution in [0.15, 0.2) is 30.5 Å². The molecular weight excluding hydrogens is 557 g/mol. The number of nitrogens with zero attached hydrogens (tertiary/aromatic N) is 2. The van der Waals surface area contributed by atoms with Gasteiger partial charge in [-0.3, -0.25) is 19.7 Å². The van der Waals surface area contributed by atoms with E-state index in [4.69, 9.17) is 14.6 Å². The van der Waals surface area contributed by atoms with Gasteiger partial charge in [-0.2, -0.15) is 13.2 Å². The highest BCUT2D eigenvalue weighted by Crippen LogP contribution is 2.38. The lowest BCUT2D eigenvalue weighted by Crippen LogP contribution is -2.49. The van der Waals surface area contributed by atoms with Crippen LogP contribution in [0.4, 0.5) is 29.5 Å². The maximum absolute atomic E-state index is 12.4. The number of aromatic nitrogens is 1. The maximum Gasteiger partial charge on any atom is 0.490 e. The van der Waals surface area contributed by atoms with E-state index in [2.05, 4.69) is 26.9 Å². The van der Waals surface area contributed by atoms with Gasteiger partial charge >= 0.3 is 18.2 Å². The van der Waals surface area contributed by atoms with Crippen LogP contribution in [0.1, 0.15) is 43.9 Å². The van der Waals surface area contributed by atoms with Crippen molar-refractivity contribution in [3.05, 3.63) is 47.2 Å². The van der Waals surface area contributed by atoms with Crippen LogP contribution in [0.2, 0.25) is 0 Å². The number of alkyl halides is 3. The van der Waals surface area contributed by atoms with Crippen molar-refractivity contribution in [3.63, 3.8) is 0 Å². The minimum atomic E-state index is -5.08. The quantitative estimate of drug-likeness (QED) is 0.463.